The van der Waals surface area contributed by atoms with Crippen LogP contribution < -0.4 is 20.5 Å². The Hall–Kier alpha value is -2.08. The summed E-state index contributed by atoms with van der Waals surface area (Å²) < 4.78 is 12.0. The molecule has 4 nitrogen and oxygen atoms in total. The van der Waals surface area contributed by atoms with Crippen LogP contribution in [0.2, 0.25) is 0 Å². The van der Waals surface area contributed by atoms with Crippen molar-refractivity contribution >= 4 is 21.4 Å². The van der Waals surface area contributed by atoms with Gasteiger partial charge in [-0.3, -0.25) is 0 Å². The number of fused-ring (bicyclic) bond motifs is 1. The van der Waals surface area contributed by atoms with Gasteiger partial charge in [-0.1, -0.05) is 24.3 Å². The van der Waals surface area contributed by atoms with E-state index in [0.29, 0.717) is 6.54 Å². The zero-order chi connectivity index (χ0) is 17.6. The van der Waals surface area contributed by atoms with E-state index in [-0.39, 0.29) is 6.04 Å². The third kappa shape index (κ3) is 4.12. The highest BCUT2D eigenvalue weighted by molar-refractivity contribution is 7.17. The van der Waals surface area contributed by atoms with Gasteiger partial charge in [0.1, 0.15) is 0 Å². The number of rotatable bonds is 8. The molecule has 2 aromatic carbocycles. The number of benzene rings is 2. The molecule has 0 radical (unpaired) electrons. The van der Waals surface area contributed by atoms with Crippen LogP contribution in [0.5, 0.6) is 11.5 Å². The van der Waals surface area contributed by atoms with Crippen molar-refractivity contribution in [2.75, 3.05) is 20.8 Å². The quantitative estimate of drug-likeness (QED) is 0.648. The van der Waals surface area contributed by atoms with Crippen molar-refractivity contribution in [1.29, 1.82) is 0 Å². The zero-order valence-corrected chi connectivity index (χ0v) is 15.4. The molecule has 0 bridgehead atoms. The first-order chi connectivity index (χ1) is 12.2. The van der Waals surface area contributed by atoms with Gasteiger partial charge in [-0.2, -0.15) is 0 Å². The van der Waals surface area contributed by atoms with Crippen LogP contribution in [0.25, 0.3) is 10.1 Å². The van der Waals surface area contributed by atoms with Crippen LogP contribution in [-0.4, -0.2) is 26.8 Å². The van der Waals surface area contributed by atoms with Crippen molar-refractivity contribution in [1.82, 2.24) is 5.32 Å². The van der Waals surface area contributed by atoms with Gasteiger partial charge in [0.2, 0.25) is 0 Å². The van der Waals surface area contributed by atoms with Crippen LogP contribution in [0, 0.1) is 0 Å². The van der Waals surface area contributed by atoms with Crippen molar-refractivity contribution in [3.63, 3.8) is 0 Å². The molecule has 0 aliphatic rings. The third-order valence-electron chi connectivity index (χ3n) is 4.35. The lowest BCUT2D eigenvalue weighted by atomic mass is 10.0. The maximum atomic E-state index is 6.00. The Morgan fingerprint density at radius 2 is 1.88 bits per heavy atom. The summed E-state index contributed by atoms with van der Waals surface area (Å²) >= 11 is 1.79. The molecule has 1 atom stereocenters. The minimum Gasteiger partial charge on any atom is -0.493 e. The lowest BCUT2D eigenvalue weighted by Crippen LogP contribution is -2.37. The molecular weight excluding hydrogens is 332 g/mol. The first-order valence-corrected chi connectivity index (χ1v) is 9.22. The van der Waals surface area contributed by atoms with Gasteiger partial charge >= 0.3 is 0 Å². The van der Waals surface area contributed by atoms with Crippen LogP contribution in [0.1, 0.15) is 11.1 Å². The highest BCUT2D eigenvalue weighted by Crippen LogP contribution is 2.28. The molecule has 0 fully saturated rings. The van der Waals surface area contributed by atoms with E-state index in [9.17, 15) is 0 Å². The zero-order valence-electron chi connectivity index (χ0n) is 14.6. The van der Waals surface area contributed by atoms with Crippen LogP contribution in [-0.2, 0) is 13.0 Å². The Bertz CT molecular complexity index is 831. The number of hydrogen-bond donors (Lipinski definition) is 2. The van der Waals surface area contributed by atoms with Gasteiger partial charge in [-0.05, 0) is 46.5 Å². The summed E-state index contributed by atoms with van der Waals surface area (Å²) in [6, 6.07) is 14.7. The Kier molecular flexibility index (Phi) is 5.91. The second-order valence-electron chi connectivity index (χ2n) is 5.96. The maximum Gasteiger partial charge on any atom is 0.161 e. The number of methoxy groups -OCH3 is 2. The molecule has 0 spiro atoms. The lowest BCUT2D eigenvalue weighted by Gasteiger charge is -2.17. The number of thiophene rings is 1. The first kappa shape index (κ1) is 17.7. The van der Waals surface area contributed by atoms with Crippen LogP contribution in [0.4, 0.5) is 0 Å². The molecule has 1 heterocycles. The van der Waals surface area contributed by atoms with E-state index in [2.05, 4.69) is 35.0 Å². The van der Waals surface area contributed by atoms with Gasteiger partial charge in [0.05, 0.1) is 14.2 Å². The van der Waals surface area contributed by atoms with Crippen LogP contribution in [0.3, 0.4) is 0 Å². The molecular formula is C20H24N2O2S. The average Bonchev–Trinajstić information content (AvgIpc) is 3.07. The highest BCUT2D eigenvalue weighted by atomic mass is 32.1. The largest absolute Gasteiger partial charge is 0.493 e. The van der Waals surface area contributed by atoms with E-state index < -0.39 is 0 Å². The van der Waals surface area contributed by atoms with Crippen molar-refractivity contribution in [2.45, 2.75) is 19.0 Å². The number of ether oxygens (including phenoxy) is 2. The SMILES string of the molecule is COc1ccc(CNC(CN)Cc2csc3ccccc23)cc1OC. The predicted octanol–water partition coefficient (Wildman–Crippen LogP) is 3.58. The van der Waals surface area contributed by atoms with E-state index in [1.54, 1.807) is 25.6 Å². The Morgan fingerprint density at radius 1 is 1.08 bits per heavy atom. The molecule has 3 aromatic rings. The summed E-state index contributed by atoms with van der Waals surface area (Å²) in [4.78, 5) is 0. The van der Waals surface area contributed by atoms with Crippen molar-refractivity contribution < 1.29 is 9.47 Å². The normalized spacial score (nSPS) is 12.3. The maximum absolute atomic E-state index is 6.00. The van der Waals surface area contributed by atoms with Gasteiger partial charge in [0.25, 0.3) is 0 Å². The predicted molar refractivity (Wildman–Crippen MR) is 105 cm³/mol. The number of nitrogens with two attached hydrogens (primary N) is 1. The van der Waals surface area contributed by atoms with E-state index in [1.807, 2.05) is 18.2 Å². The van der Waals surface area contributed by atoms with Gasteiger partial charge in [0.15, 0.2) is 11.5 Å². The fourth-order valence-corrected chi connectivity index (χ4v) is 3.92. The number of nitrogens with one attached hydrogen (secondary N) is 1. The minimum absolute atomic E-state index is 0.228. The molecule has 0 saturated carbocycles. The fraction of sp³-hybridized carbons (Fsp3) is 0.300. The second-order valence-corrected chi connectivity index (χ2v) is 6.88. The van der Waals surface area contributed by atoms with E-state index >= 15 is 0 Å². The summed E-state index contributed by atoms with van der Waals surface area (Å²) in [7, 11) is 3.30. The molecule has 0 aliphatic heterocycles. The third-order valence-corrected chi connectivity index (χ3v) is 5.37. The number of hydrogen-bond acceptors (Lipinski definition) is 5. The van der Waals surface area contributed by atoms with Gasteiger partial charge in [-0.15, -0.1) is 11.3 Å². The molecule has 25 heavy (non-hydrogen) atoms. The lowest BCUT2D eigenvalue weighted by molar-refractivity contribution is 0.354. The topological polar surface area (TPSA) is 56.5 Å². The summed E-state index contributed by atoms with van der Waals surface area (Å²) in [5, 5.41) is 7.13. The standard InChI is InChI=1S/C20H24N2O2S/c1-23-18-8-7-14(9-19(18)24-2)12-22-16(11-21)10-15-13-25-20-6-4-3-5-17(15)20/h3-9,13,16,22H,10-12,21H2,1-2H3. The molecule has 3 rings (SSSR count). The summed E-state index contributed by atoms with van der Waals surface area (Å²) in [6.45, 7) is 1.34. The molecule has 0 saturated heterocycles. The molecule has 3 N–H and O–H groups in total. The van der Waals surface area contributed by atoms with E-state index in [0.717, 1.165) is 30.0 Å². The minimum atomic E-state index is 0.228. The second kappa shape index (κ2) is 8.34. The molecule has 1 unspecified atom stereocenters. The van der Waals surface area contributed by atoms with Gasteiger partial charge < -0.3 is 20.5 Å². The van der Waals surface area contributed by atoms with Crippen molar-refractivity contribution in [3.8, 4) is 11.5 Å². The molecule has 1 aromatic heterocycles. The Balaban J connectivity index is 1.66. The van der Waals surface area contributed by atoms with E-state index in [1.165, 1.54) is 15.6 Å². The van der Waals surface area contributed by atoms with Crippen LogP contribution >= 0.6 is 11.3 Å². The van der Waals surface area contributed by atoms with Gasteiger partial charge in [-0.25, -0.2) is 0 Å². The summed E-state index contributed by atoms with van der Waals surface area (Å²) in [6.07, 6.45) is 0.924. The van der Waals surface area contributed by atoms with Crippen LogP contribution in [0.15, 0.2) is 47.8 Å². The Morgan fingerprint density at radius 3 is 2.64 bits per heavy atom. The average molecular weight is 356 g/mol. The summed E-state index contributed by atoms with van der Waals surface area (Å²) in [5.74, 6) is 1.49. The van der Waals surface area contributed by atoms with E-state index in [4.69, 9.17) is 15.2 Å². The van der Waals surface area contributed by atoms with Crippen molar-refractivity contribution in [3.05, 3.63) is 59.0 Å². The highest BCUT2D eigenvalue weighted by Gasteiger charge is 2.12. The molecule has 0 amide bonds. The smallest absolute Gasteiger partial charge is 0.161 e. The molecule has 132 valence electrons. The van der Waals surface area contributed by atoms with Crippen molar-refractivity contribution in [2.24, 2.45) is 5.73 Å². The summed E-state index contributed by atoms with van der Waals surface area (Å²) in [5.41, 5.74) is 8.50. The monoisotopic (exact) mass is 356 g/mol. The Labute approximate surface area is 152 Å². The first-order valence-electron chi connectivity index (χ1n) is 8.34. The van der Waals surface area contributed by atoms with Gasteiger partial charge in [0, 0.05) is 23.8 Å². The molecule has 0 aliphatic carbocycles. The fourth-order valence-electron chi connectivity index (χ4n) is 2.95. The molecule has 5 heteroatoms.